The Bertz CT molecular complexity index is 1380. The van der Waals surface area contributed by atoms with Gasteiger partial charge in [-0.05, 0) is 32.0 Å². The molecule has 1 fully saturated rings. The van der Waals surface area contributed by atoms with E-state index in [9.17, 15) is 22.8 Å². The number of nitrogens with zero attached hydrogens (tertiary/aromatic N) is 5. The van der Waals surface area contributed by atoms with E-state index in [1.54, 1.807) is 37.4 Å². The molecule has 3 atom stereocenters. The van der Waals surface area contributed by atoms with Crippen LogP contribution in [0.5, 0.6) is 0 Å². The SMILES string of the molecule is CN(C)/C=N\c1nc2c(ncn2[C@H]2CC(OCSSC(C)(C)CNC(=O)C(F)(F)F)[C@@H](CO[Si](C)(C)C(C)(C)C)O2)c(=O)[nH]1. The van der Waals surface area contributed by atoms with E-state index in [0.717, 1.165) is 0 Å². The molecule has 1 unspecified atom stereocenters. The van der Waals surface area contributed by atoms with Gasteiger partial charge in [-0.25, -0.2) is 9.98 Å². The molecule has 12 nitrogen and oxygen atoms in total. The molecule has 18 heteroatoms. The number of aliphatic imine (C=N–C) groups is 1. The number of aromatic amines is 1. The van der Waals surface area contributed by atoms with Gasteiger partial charge in [0.15, 0.2) is 19.5 Å². The number of alkyl halides is 3. The molecule has 248 valence electrons. The second kappa shape index (κ2) is 14.1. The molecular weight excluding hydrogens is 640 g/mol. The van der Waals surface area contributed by atoms with Crippen molar-refractivity contribution in [2.75, 3.05) is 33.2 Å². The maximum Gasteiger partial charge on any atom is 0.471 e. The van der Waals surface area contributed by atoms with Crippen molar-refractivity contribution < 1.29 is 31.9 Å². The number of fused-ring (bicyclic) bond motifs is 1. The van der Waals surface area contributed by atoms with Gasteiger partial charge in [0.25, 0.3) is 5.56 Å². The van der Waals surface area contributed by atoms with Crippen LogP contribution < -0.4 is 10.9 Å². The first-order chi connectivity index (χ1) is 20.2. The summed E-state index contributed by atoms with van der Waals surface area (Å²) in [5.74, 6) is -1.62. The number of ether oxygens (including phenoxy) is 2. The summed E-state index contributed by atoms with van der Waals surface area (Å²) in [6.45, 7) is 14.3. The summed E-state index contributed by atoms with van der Waals surface area (Å²) < 4.78 is 57.8. The molecule has 1 aliphatic rings. The lowest BCUT2D eigenvalue weighted by molar-refractivity contribution is -0.173. The number of hydrogen-bond donors (Lipinski definition) is 2. The largest absolute Gasteiger partial charge is 0.471 e. The molecule has 2 N–H and O–H groups in total. The van der Waals surface area contributed by atoms with Crippen LogP contribution in [-0.4, -0.2) is 101 Å². The zero-order chi connectivity index (χ0) is 33.1. The summed E-state index contributed by atoms with van der Waals surface area (Å²) >= 11 is 0. The Morgan fingerprint density at radius 1 is 1.30 bits per heavy atom. The van der Waals surface area contributed by atoms with Crippen LogP contribution in [-0.2, 0) is 18.7 Å². The van der Waals surface area contributed by atoms with Crippen molar-refractivity contribution in [2.45, 2.75) is 88.5 Å². The Morgan fingerprint density at radius 2 is 1.98 bits per heavy atom. The molecule has 2 aromatic heterocycles. The second-order valence-electron chi connectivity index (χ2n) is 12.8. The fraction of sp³-hybridized carbons (Fsp3) is 0.731. The average Bonchev–Trinajstić information content (AvgIpc) is 3.50. The predicted octanol–water partition coefficient (Wildman–Crippen LogP) is 4.83. The number of carbonyl (C=O) groups is 1. The second-order valence-corrected chi connectivity index (χ2v) is 20.6. The molecule has 0 bridgehead atoms. The Morgan fingerprint density at radius 3 is 2.59 bits per heavy atom. The Labute approximate surface area is 263 Å². The molecule has 1 amide bonds. The molecule has 0 aromatic carbocycles. The van der Waals surface area contributed by atoms with E-state index in [0.29, 0.717) is 18.7 Å². The standard InChI is InChI=1S/C26H42F3N7O5S2Si/c1-24(2,3)44(8,9)40-11-17-16(39-15-42-43-25(4,5)12-30-22(38)26(27,28)29)10-18(41-17)36-14-31-19-20(36)33-23(34-21(19)37)32-13-35(6)7/h13-14,16-18H,10-12,15H2,1-9H3,(H,30,38)(H,33,34,37)/b32-13-/t16?,17-,18-/m1/s1. The third-order valence-electron chi connectivity index (χ3n) is 7.28. The lowest BCUT2D eigenvalue weighted by atomic mass is 10.2. The van der Waals surface area contributed by atoms with E-state index in [-0.39, 0.29) is 29.0 Å². The maximum absolute atomic E-state index is 12.7. The highest BCUT2D eigenvalue weighted by Gasteiger charge is 2.43. The lowest BCUT2D eigenvalue weighted by Gasteiger charge is -2.37. The summed E-state index contributed by atoms with van der Waals surface area (Å²) in [5.41, 5.74) is 0.0512. The zero-order valence-corrected chi connectivity index (χ0v) is 29.1. The molecule has 3 heterocycles. The van der Waals surface area contributed by atoms with Crippen LogP contribution in [0.25, 0.3) is 11.2 Å². The van der Waals surface area contributed by atoms with Gasteiger partial charge in [-0.15, -0.1) is 0 Å². The van der Waals surface area contributed by atoms with Crippen LogP contribution in [0.1, 0.15) is 47.3 Å². The number of carbonyl (C=O) groups excluding carboxylic acids is 1. The van der Waals surface area contributed by atoms with E-state index in [2.05, 4.69) is 53.8 Å². The van der Waals surface area contributed by atoms with Gasteiger partial charge in [-0.2, -0.15) is 18.2 Å². The van der Waals surface area contributed by atoms with Crippen LogP contribution in [0.3, 0.4) is 0 Å². The summed E-state index contributed by atoms with van der Waals surface area (Å²) in [6.07, 6.45) is -2.87. The minimum Gasteiger partial charge on any atom is -0.414 e. The average molecular weight is 682 g/mol. The van der Waals surface area contributed by atoms with Gasteiger partial charge < -0.3 is 24.1 Å². The van der Waals surface area contributed by atoms with Crippen LogP contribution >= 0.6 is 21.6 Å². The molecule has 0 aliphatic carbocycles. The monoisotopic (exact) mass is 681 g/mol. The molecule has 2 aromatic rings. The maximum atomic E-state index is 12.7. The highest BCUT2D eigenvalue weighted by Crippen LogP contribution is 2.40. The van der Waals surface area contributed by atoms with Gasteiger partial charge in [0.2, 0.25) is 5.95 Å². The first-order valence-corrected chi connectivity index (χ1v) is 19.2. The van der Waals surface area contributed by atoms with Crippen molar-refractivity contribution in [3.8, 4) is 0 Å². The van der Waals surface area contributed by atoms with Crippen molar-refractivity contribution in [3.63, 3.8) is 0 Å². The highest BCUT2D eigenvalue weighted by molar-refractivity contribution is 8.77. The molecule has 1 saturated heterocycles. The smallest absolute Gasteiger partial charge is 0.414 e. The van der Waals surface area contributed by atoms with Gasteiger partial charge in [0.05, 0.1) is 25.4 Å². The number of rotatable bonds is 13. The van der Waals surface area contributed by atoms with Crippen molar-refractivity contribution in [3.05, 3.63) is 16.7 Å². The number of aromatic nitrogens is 4. The lowest BCUT2D eigenvalue weighted by Crippen LogP contribution is -2.44. The zero-order valence-electron chi connectivity index (χ0n) is 26.4. The van der Waals surface area contributed by atoms with Crippen LogP contribution in [0, 0.1) is 0 Å². The molecule has 0 radical (unpaired) electrons. The van der Waals surface area contributed by atoms with Gasteiger partial charge in [-0.3, -0.25) is 19.1 Å². The van der Waals surface area contributed by atoms with Crippen LogP contribution in [0.15, 0.2) is 16.1 Å². The fourth-order valence-electron chi connectivity index (χ4n) is 3.78. The number of amides is 1. The van der Waals surface area contributed by atoms with Crippen molar-refractivity contribution in [1.29, 1.82) is 0 Å². The quantitative estimate of drug-likeness (QED) is 0.0756. The van der Waals surface area contributed by atoms with Gasteiger partial charge in [0.1, 0.15) is 18.3 Å². The van der Waals surface area contributed by atoms with Crippen molar-refractivity contribution in [2.24, 2.45) is 4.99 Å². The Balaban J connectivity index is 1.74. The summed E-state index contributed by atoms with van der Waals surface area (Å²) in [6, 6.07) is 0. The number of hydrogen-bond acceptors (Lipinski definition) is 10. The third kappa shape index (κ3) is 9.69. The third-order valence-corrected chi connectivity index (χ3v) is 14.7. The van der Waals surface area contributed by atoms with Gasteiger partial charge in [-0.1, -0.05) is 42.4 Å². The van der Waals surface area contributed by atoms with E-state index in [1.165, 1.54) is 34.3 Å². The van der Waals surface area contributed by atoms with Crippen LogP contribution in [0.4, 0.5) is 19.1 Å². The van der Waals surface area contributed by atoms with Gasteiger partial charge in [0, 0.05) is 31.8 Å². The Kier molecular flexibility index (Phi) is 11.7. The van der Waals surface area contributed by atoms with Crippen LogP contribution in [0.2, 0.25) is 18.1 Å². The fourth-order valence-corrected chi connectivity index (χ4v) is 6.97. The number of halogens is 3. The van der Waals surface area contributed by atoms with E-state index < -0.39 is 49.1 Å². The number of imidazole rings is 1. The van der Waals surface area contributed by atoms with E-state index in [4.69, 9.17) is 13.9 Å². The summed E-state index contributed by atoms with van der Waals surface area (Å²) in [7, 11) is 4.12. The summed E-state index contributed by atoms with van der Waals surface area (Å²) in [4.78, 5) is 41.2. The van der Waals surface area contributed by atoms with Crippen molar-refractivity contribution >= 4 is 59.3 Å². The molecule has 44 heavy (non-hydrogen) atoms. The van der Waals surface area contributed by atoms with Gasteiger partial charge >= 0.3 is 12.1 Å². The predicted molar refractivity (Wildman–Crippen MR) is 170 cm³/mol. The van der Waals surface area contributed by atoms with E-state index >= 15 is 0 Å². The normalized spacial score (nSPS) is 20.1. The molecule has 0 saturated carbocycles. The minimum absolute atomic E-state index is 0.0179. The minimum atomic E-state index is -4.93. The van der Waals surface area contributed by atoms with E-state index in [1.807, 2.05) is 5.32 Å². The molecule has 0 spiro atoms. The highest BCUT2D eigenvalue weighted by atomic mass is 33.1. The first kappa shape index (κ1) is 36.3. The topological polar surface area (TPSA) is 136 Å². The summed E-state index contributed by atoms with van der Waals surface area (Å²) in [5, 5.41) is 1.91. The molecular formula is C26H42F3N7O5S2Si. The number of H-pyrrole nitrogens is 1. The number of nitrogens with one attached hydrogen (secondary N) is 2. The molecule has 1 aliphatic heterocycles. The molecule has 3 rings (SSSR count). The first-order valence-electron chi connectivity index (χ1n) is 13.9. The van der Waals surface area contributed by atoms with Crippen molar-refractivity contribution in [1.82, 2.24) is 29.7 Å². The Hall–Kier alpha value is -2.12.